The van der Waals surface area contributed by atoms with E-state index in [1.807, 2.05) is 12.1 Å². The molecular weight excluding hydrogens is 442 g/mol. The van der Waals surface area contributed by atoms with Gasteiger partial charge in [-0.3, -0.25) is 9.59 Å². The van der Waals surface area contributed by atoms with Crippen LogP contribution in [0.4, 0.5) is 8.78 Å². The maximum atomic E-state index is 14.4. The third kappa shape index (κ3) is 3.86. The Labute approximate surface area is 196 Å². The minimum atomic E-state index is -0.995. The van der Waals surface area contributed by atoms with Gasteiger partial charge in [0.1, 0.15) is 5.69 Å². The maximum Gasteiger partial charge on any atom is 0.316 e. The van der Waals surface area contributed by atoms with Gasteiger partial charge >= 0.3 is 5.97 Å². The lowest BCUT2D eigenvalue weighted by atomic mass is 9.64. The first-order chi connectivity index (χ1) is 16.2. The molecule has 1 aliphatic rings. The van der Waals surface area contributed by atoms with Gasteiger partial charge in [0.2, 0.25) is 0 Å². The van der Waals surface area contributed by atoms with E-state index in [1.54, 1.807) is 26.1 Å². The number of aliphatic hydroxyl groups excluding tert-OH is 1. The third-order valence-corrected chi connectivity index (χ3v) is 6.87. The standard InChI is InChI=1S/C26H28F2N2O4/c1-4-34-25(33)26(10-5-11-26)17-8-6-16(7-9-17)19(14-31)29-24(32)21-13-18-20(30(21)3)12-15(2)22(27)23(18)28/h6-9,12-13,19,31H,4-5,10-11,14H2,1-3H3,(H,29,32)/t19-/m1/s1. The Hall–Kier alpha value is -3.26. The molecule has 0 bridgehead atoms. The van der Waals surface area contributed by atoms with Crippen LogP contribution >= 0.6 is 0 Å². The summed E-state index contributed by atoms with van der Waals surface area (Å²) in [6, 6.07) is 9.29. The van der Waals surface area contributed by atoms with E-state index < -0.39 is 29.0 Å². The summed E-state index contributed by atoms with van der Waals surface area (Å²) < 4.78 is 35.1. The molecule has 0 unspecified atom stereocenters. The number of halogens is 2. The molecule has 0 saturated heterocycles. The fraction of sp³-hybridized carbons (Fsp3) is 0.385. The molecular formula is C26H28F2N2O4. The van der Waals surface area contributed by atoms with Crippen molar-refractivity contribution in [3.8, 4) is 0 Å². The van der Waals surface area contributed by atoms with Gasteiger partial charge in [0, 0.05) is 12.4 Å². The van der Waals surface area contributed by atoms with Crippen molar-refractivity contribution in [2.45, 2.75) is 44.6 Å². The lowest BCUT2D eigenvalue weighted by Gasteiger charge is -2.39. The topological polar surface area (TPSA) is 80.6 Å². The zero-order valence-electron chi connectivity index (χ0n) is 19.5. The Morgan fingerprint density at radius 2 is 1.85 bits per heavy atom. The lowest BCUT2D eigenvalue weighted by molar-refractivity contribution is -0.153. The Bertz CT molecular complexity index is 1250. The van der Waals surface area contributed by atoms with Crippen LogP contribution in [0.25, 0.3) is 10.9 Å². The summed E-state index contributed by atoms with van der Waals surface area (Å²) in [5.41, 5.74) is 1.57. The van der Waals surface area contributed by atoms with E-state index >= 15 is 0 Å². The van der Waals surface area contributed by atoms with Crippen LogP contribution in [0.2, 0.25) is 0 Å². The number of esters is 1. The van der Waals surface area contributed by atoms with E-state index in [-0.39, 0.29) is 29.2 Å². The van der Waals surface area contributed by atoms with E-state index in [0.717, 1.165) is 24.8 Å². The van der Waals surface area contributed by atoms with E-state index in [4.69, 9.17) is 4.74 Å². The van der Waals surface area contributed by atoms with Gasteiger partial charge in [0.25, 0.3) is 5.91 Å². The van der Waals surface area contributed by atoms with Gasteiger partial charge in [-0.15, -0.1) is 0 Å². The minimum Gasteiger partial charge on any atom is -0.465 e. The number of aromatic nitrogens is 1. The summed E-state index contributed by atoms with van der Waals surface area (Å²) in [5.74, 6) is -2.69. The van der Waals surface area contributed by atoms with E-state index in [9.17, 15) is 23.5 Å². The van der Waals surface area contributed by atoms with Crippen LogP contribution < -0.4 is 5.32 Å². The van der Waals surface area contributed by atoms with Gasteiger partial charge in [-0.05, 0) is 55.5 Å². The Kier molecular flexibility index (Phi) is 6.45. The molecule has 2 N–H and O–H groups in total. The first kappa shape index (κ1) is 23.9. The summed E-state index contributed by atoms with van der Waals surface area (Å²) in [4.78, 5) is 25.5. The molecule has 1 saturated carbocycles. The second-order valence-corrected chi connectivity index (χ2v) is 8.83. The number of amides is 1. The second-order valence-electron chi connectivity index (χ2n) is 8.83. The fourth-order valence-corrected chi connectivity index (χ4v) is 4.66. The number of hydrogen-bond acceptors (Lipinski definition) is 4. The van der Waals surface area contributed by atoms with Crippen LogP contribution in [-0.4, -0.2) is 34.8 Å². The number of aryl methyl sites for hydroxylation is 2. The first-order valence-corrected chi connectivity index (χ1v) is 11.4. The van der Waals surface area contributed by atoms with Gasteiger partial charge in [0.05, 0.1) is 30.2 Å². The highest BCUT2D eigenvalue weighted by Crippen LogP contribution is 2.45. The van der Waals surface area contributed by atoms with Crippen molar-refractivity contribution in [1.29, 1.82) is 0 Å². The molecule has 1 aliphatic carbocycles. The molecule has 1 heterocycles. The molecule has 6 nitrogen and oxygen atoms in total. The Balaban J connectivity index is 1.57. The lowest BCUT2D eigenvalue weighted by Crippen LogP contribution is -2.43. The van der Waals surface area contributed by atoms with Crippen LogP contribution in [-0.2, 0) is 22.0 Å². The highest BCUT2D eigenvalue weighted by molar-refractivity contribution is 5.99. The summed E-state index contributed by atoms with van der Waals surface area (Å²) >= 11 is 0. The number of rotatable bonds is 7. The number of hydrogen-bond donors (Lipinski definition) is 2. The van der Waals surface area contributed by atoms with Gasteiger partial charge in [-0.2, -0.15) is 0 Å². The largest absolute Gasteiger partial charge is 0.465 e. The van der Waals surface area contributed by atoms with Crippen molar-refractivity contribution >= 4 is 22.8 Å². The zero-order valence-corrected chi connectivity index (χ0v) is 19.5. The molecule has 3 aromatic rings. The normalized spacial score (nSPS) is 15.6. The molecule has 8 heteroatoms. The molecule has 180 valence electrons. The molecule has 0 aliphatic heterocycles. The van der Waals surface area contributed by atoms with Crippen LogP contribution in [0.3, 0.4) is 0 Å². The van der Waals surface area contributed by atoms with E-state index in [1.165, 1.54) is 23.6 Å². The van der Waals surface area contributed by atoms with Crippen LogP contribution in [0.15, 0.2) is 36.4 Å². The molecule has 1 fully saturated rings. The quantitative estimate of drug-likeness (QED) is 0.507. The smallest absolute Gasteiger partial charge is 0.316 e. The zero-order chi connectivity index (χ0) is 24.6. The number of carbonyl (C=O) groups is 2. The second kappa shape index (κ2) is 9.18. The highest BCUT2D eigenvalue weighted by Gasteiger charge is 2.47. The summed E-state index contributed by atoms with van der Waals surface area (Å²) in [6.07, 6.45) is 2.40. The number of nitrogens with zero attached hydrogens (tertiary/aromatic N) is 1. The predicted octanol–water partition coefficient (Wildman–Crippen LogP) is 4.21. The van der Waals surface area contributed by atoms with Gasteiger partial charge in [-0.25, -0.2) is 8.78 Å². The molecule has 1 amide bonds. The highest BCUT2D eigenvalue weighted by atomic mass is 19.2. The molecule has 2 aromatic carbocycles. The average Bonchev–Trinajstić information content (AvgIpc) is 3.12. The van der Waals surface area contributed by atoms with Crippen molar-refractivity contribution in [3.05, 3.63) is 70.4 Å². The molecule has 0 spiro atoms. The molecule has 1 atom stereocenters. The van der Waals surface area contributed by atoms with Crippen molar-refractivity contribution in [1.82, 2.24) is 9.88 Å². The van der Waals surface area contributed by atoms with Gasteiger partial charge in [0.15, 0.2) is 11.6 Å². The van der Waals surface area contributed by atoms with E-state index in [2.05, 4.69) is 5.32 Å². The SMILES string of the molecule is CCOC(=O)C1(c2ccc([C@@H](CO)NC(=O)c3cc4c(F)c(F)c(C)cc4n3C)cc2)CCC1. The predicted molar refractivity (Wildman–Crippen MR) is 123 cm³/mol. The minimum absolute atomic E-state index is 0.0189. The monoisotopic (exact) mass is 470 g/mol. The summed E-state index contributed by atoms with van der Waals surface area (Å²) in [7, 11) is 1.60. The number of nitrogens with one attached hydrogen (secondary N) is 1. The number of benzene rings is 2. The molecule has 34 heavy (non-hydrogen) atoms. The van der Waals surface area contributed by atoms with Crippen LogP contribution in [0, 0.1) is 18.6 Å². The maximum absolute atomic E-state index is 14.4. The van der Waals surface area contributed by atoms with Gasteiger partial charge < -0.3 is 19.7 Å². The Morgan fingerprint density at radius 3 is 2.41 bits per heavy atom. The Morgan fingerprint density at radius 1 is 1.18 bits per heavy atom. The third-order valence-electron chi connectivity index (χ3n) is 6.87. The number of fused-ring (bicyclic) bond motifs is 1. The number of aliphatic hydroxyl groups is 1. The van der Waals surface area contributed by atoms with E-state index in [0.29, 0.717) is 17.7 Å². The van der Waals surface area contributed by atoms with Crippen molar-refractivity contribution in [3.63, 3.8) is 0 Å². The van der Waals surface area contributed by atoms with Crippen molar-refractivity contribution in [2.24, 2.45) is 7.05 Å². The average molecular weight is 471 g/mol. The molecule has 1 aromatic heterocycles. The van der Waals surface area contributed by atoms with Crippen LogP contribution in [0.5, 0.6) is 0 Å². The van der Waals surface area contributed by atoms with Crippen molar-refractivity contribution in [2.75, 3.05) is 13.2 Å². The summed E-state index contributed by atoms with van der Waals surface area (Å²) in [6.45, 7) is 3.21. The summed E-state index contributed by atoms with van der Waals surface area (Å²) in [5, 5.41) is 12.7. The molecule has 0 radical (unpaired) electrons. The molecule has 4 rings (SSSR count). The van der Waals surface area contributed by atoms with Crippen molar-refractivity contribution < 1.29 is 28.2 Å². The van der Waals surface area contributed by atoms with Crippen LogP contribution in [0.1, 0.15) is 59.4 Å². The number of ether oxygens (including phenoxy) is 1. The number of carbonyl (C=O) groups excluding carboxylic acids is 2. The first-order valence-electron chi connectivity index (χ1n) is 11.4. The van der Waals surface area contributed by atoms with Gasteiger partial charge in [-0.1, -0.05) is 30.7 Å². The fourth-order valence-electron chi connectivity index (χ4n) is 4.66.